The molecule has 34 heavy (non-hydrogen) atoms. The van der Waals surface area contributed by atoms with Crippen molar-refractivity contribution in [2.45, 2.75) is 31.0 Å². The normalized spacial score (nSPS) is 18.1. The molecule has 0 unspecified atom stereocenters. The van der Waals surface area contributed by atoms with Crippen molar-refractivity contribution in [1.82, 2.24) is 9.78 Å². The van der Waals surface area contributed by atoms with Crippen LogP contribution >= 0.6 is 15.9 Å². The van der Waals surface area contributed by atoms with Gasteiger partial charge in [0.2, 0.25) is 0 Å². The molecule has 2 atom stereocenters. The van der Waals surface area contributed by atoms with E-state index in [9.17, 15) is 31.1 Å². The predicted molar refractivity (Wildman–Crippen MR) is 114 cm³/mol. The van der Waals surface area contributed by atoms with Crippen LogP contribution < -0.4 is 15.4 Å². The summed E-state index contributed by atoms with van der Waals surface area (Å²) in [6, 6.07) is 9.70. The molecule has 0 radical (unpaired) electrons. The number of ether oxygens (including phenoxy) is 1. The van der Waals surface area contributed by atoms with E-state index in [1.54, 1.807) is 24.3 Å². The fourth-order valence-electron chi connectivity index (χ4n) is 3.53. The van der Waals surface area contributed by atoms with Crippen molar-refractivity contribution in [3.05, 3.63) is 70.3 Å². The molecule has 0 fully saturated rings. The minimum Gasteiger partial charge on any atom is -0.406 e. The van der Waals surface area contributed by atoms with Crippen LogP contribution in [0, 0.1) is 0 Å². The van der Waals surface area contributed by atoms with Gasteiger partial charge in [0.1, 0.15) is 11.6 Å². The number of amides is 1. The van der Waals surface area contributed by atoms with Gasteiger partial charge in [-0.1, -0.05) is 28.1 Å². The Morgan fingerprint density at radius 2 is 1.71 bits per heavy atom. The molecular formula is C21H15BrF6N4O2. The number of hydrogen-bond donors (Lipinski definition) is 2. The van der Waals surface area contributed by atoms with E-state index in [0.717, 1.165) is 33.4 Å². The fourth-order valence-corrected chi connectivity index (χ4v) is 3.80. The van der Waals surface area contributed by atoms with Gasteiger partial charge in [-0.2, -0.15) is 18.3 Å². The zero-order valence-corrected chi connectivity index (χ0v) is 18.5. The van der Waals surface area contributed by atoms with Crippen LogP contribution in [0.5, 0.6) is 5.75 Å². The molecule has 0 aliphatic carbocycles. The van der Waals surface area contributed by atoms with Gasteiger partial charge in [0.15, 0.2) is 11.7 Å². The van der Waals surface area contributed by atoms with E-state index >= 15 is 0 Å². The zero-order chi connectivity index (χ0) is 24.7. The number of alkyl halides is 6. The van der Waals surface area contributed by atoms with Crippen molar-refractivity contribution < 1.29 is 35.9 Å². The Morgan fingerprint density at radius 3 is 2.29 bits per heavy atom. The van der Waals surface area contributed by atoms with Crippen molar-refractivity contribution in [3.8, 4) is 5.75 Å². The van der Waals surface area contributed by atoms with Crippen LogP contribution in [0.1, 0.15) is 34.6 Å². The number of hydrogen-bond acceptors (Lipinski definition) is 4. The monoisotopic (exact) mass is 548 g/mol. The van der Waals surface area contributed by atoms with Crippen LogP contribution in [-0.2, 0) is 0 Å². The van der Waals surface area contributed by atoms with Crippen LogP contribution in [0.2, 0.25) is 0 Å². The maximum Gasteiger partial charge on any atom is 0.573 e. The van der Waals surface area contributed by atoms with Gasteiger partial charge in [0.05, 0.1) is 6.04 Å². The number of aromatic nitrogens is 2. The van der Waals surface area contributed by atoms with Gasteiger partial charge in [-0.15, -0.1) is 13.2 Å². The highest BCUT2D eigenvalue weighted by molar-refractivity contribution is 9.10. The number of benzene rings is 2. The molecule has 180 valence electrons. The molecule has 1 amide bonds. The first-order chi connectivity index (χ1) is 15.9. The molecule has 1 aliphatic heterocycles. The van der Waals surface area contributed by atoms with Gasteiger partial charge in [-0.3, -0.25) is 4.79 Å². The summed E-state index contributed by atoms with van der Waals surface area (Å²) in [5.74, 6) is -1.30. The number of nitrogens with zero attached hydrogens (tertiary/aromatic N) is 2. The number of carbonyl (C=O) groups excluding carboxylic acids is 1. The summed E-state index contributed by atoms with van der Waals surface area (Å²) >= 11 is 3.29. The van der Waals surface area contributed by atoms with E-state index in [2.05, 4.69) is 36.4 Å². The highest BCUT2D eigenvalue weighted by Gasteiger charge is 2.46. The van der Waals surface area contributed by atoms with Crippen molar-refractivity contribution >= 4 is 33.3 Å². The second kappa shape index (κ2) is 8.85. The van der Waals surface area contributed by atoms with E-state index < -0.39 is 36.3 Å². The van der Waals surface area contributed by atoms with Crippen LogP contribution in [0.15, 0.2) is 59.1 Å². The Balaban J connectivity index is 1.55. The SMILES string of the molecule is O=C(Nc1ccc(OC(F)(F)F)cc1)c1cc2n(n1)[C@H](C(F)(F)F)C[C@@H](c1ccc(Br)cc1)N2. The number of halogens is 7. The molecule has 1 aromatic heterocycles. The van der Waals surface area contributed by atoms with Crippen molar-refractivity contribution in [3.63, 3.8) is 0 Å². The maximum atomic E-state index is 13.8. The third kappa shape index (κ3) is 5.46. The molecule has 1 aliphatic rings. The molecule has 0 bridgehead atoms. The lowest BCUT2D eigenvalue weighted by atomic mass is 9.97. The van der Waals surface area contributed by atoms with E-state index in [1.807, 2.05) is 0 Å². The second-order valence-corrected chi connectivity index (χ2v) is 8.34. The van der Waals surface area contributed by atoms with Gasteiger partial charge in [0, 0.05) is 22.6 Å². The summed E-state index contributed by atoms with van der Waals surface area (Å²) in [4.78, 5) is 12.6. The molecule has 13 heteroatoms. The molecular weight excluding hydrogens is 534 g/mol. The average molecular weight is 549 g/mol. The number of anilines is 2. The number of carbonyl (C=O) groups is 1. The molecule has 0 saturated carbocycles. The second-order valence-electron chi connectivity index (χ2n) is 7.43. The lowest BCUT2D eigenvalue weighted by Crippen LogP contribution is -2.35. The number of fused-ring (bicyclic) bond motifs is 1. The number of nitrogens with one attached hydrogen (secondary N) is 2. The Hall–Kier alpha value is -3.22. The molecule has 3 aromatic rings. The standard InChI is InChI=1S/C21H15BrF6N4O2/c22-12-3-1-11(2-4-12)15-9-17(20(23,24)25)32-18(30-15)10-16(31-32)19(33)29-13-5-7-14(8-6-13)34-21(26,27)28/h1-8,10,15,17,30H,9H2,(H,29,33)/t15-,17-/m0/s1. The van der Waals surface area contributed by atoms with Gasteiger partial charge in [0.25, 0.3) is 5.91 Å². The third-order valence-corrected chi connectivity index (χ3v) is 5.57. The Morgan fingerprint density at radius 1 is 1.06 bits per heavy atom. The van der Waals surface area contributed by atoms with Crippen molar-refractivity contribution in [2.24, 2.45) is 0 Å². The Kier molecular flexibility index (Phi) is 6.23. The molecule has 0 saturated heterocycles. The van der Waals surface area contributed by atoms with E-state index in [0.29, 0.717) is 5.56 Å². The highest BCUT2D eigenvalue weighted by Crippen LogP contribution is 2.43. The maximum absolute atomic E-state index is 13.8. The van der Waals surface area contributed by atoms with Gasteiger partial charge in [-0.25, -0.2) is 4.68 Å². The van der Waals surface area contributed by atoms with Crippen LogP contribution in [0.25, 0.3) is 0 Å². The fraction of sp³-hybridized carbons (Fsp3) is 0.238. The third-order valence-electron chi connectivity index (χ3n) is 5.04. The summed E-state index contributed by atoms with van der Waals surface area (Å²) < 4.78 is 83.4. The highest BCUT2D eigenvalue weighted by atomic mass is 79.9. The minimum atomic E-state index is -4.86. The van der Waals surface area contributed by atoms with Crippen LogP contribution in [0.4, 0.5) is 37.8 Å². The topological polar surface area (TPSA) is 68.2 Å². The lowest BCUT2D eigenvalue weighted by molar-refractivity contribution is -0.274. The van der Waals surface area contributed by atoms with Crippen LogP contribution in [-0.4, -0.2) is 28.2 Å². The van der Waals surface area contributed by atoms with Crippen molar-refractivity contribution in [1.29, 1.82) is 0 Å². The zero-order valence-electron chi connectivity index (χ0n) is 16.9. The summed E-state index contributed by atoms with van der Waals surface area (Å²) in [5.41, 5.74) is 0.458. The van der Waals surface area contributed by atoms with E-state index in [1.165, 1.54) is 6.07 Å². The predicted octanol–water partition coefficient (Wildman–Crippen LogP) is 6.46. The van der Waals surface area contributed by atoms with E-state index in [4.69, 9.17) is 0 Å². The van der Waals surface area contributed by atoms with Gasteiger partial charge < -0.3 is 15.4 Å². The van der Waals surface area contributed by atoms with Crippen LogP contribution in [0.3, 0.4) is 0 Å². The van der Waals surface area contributed by atoms with Crippen molar-refractivity contribution in [2.75, 3.05) is 10.6 Å². The molecule has 2 aromatic carbocycles. The number of rotatable bonds is 4. The molecule has 4 rings (SSSR count). The lowest BCUT2D eigenvalue weighted by Gasteiger charge is -2.33. The largest absolute Gasteiger partial charge is 0.573 e. The Bertz CT molecular complexity index is 1180. The minimum absolute atomic E-state index is 0.0144. The Labute approximate surface area is 197 Å². The quantitative estimate of drug-likeness (QED) is 0.367. The first-order valence-corrected chi connectivity index (χ1v) is 10.5. The first-order valence-electron chi connectivity index (χ1n) is 9.74. The molecule has 2 heterocycles. The molecule has 2 N–H and O–H groups in total. The summed E-state index contributed by atoms with van der Waals surface area (Å²) in [5, 5.41) is 9.22. The van der Waals surface area contributed by atoms with E-state index in [-0.39, 0.29) is 23.6 Å². The van der Waals surface area contributed by atoms with Gasteiger partial charge in [-0.05, 0) is 42.0 Å². The van der Waals surface area contributed by atoms with Gasteiger partial charge >= 0.3 is 12.5 Å². The summed E-state index contributed by atoms with van der Waals surface area (Å²) in [6.07, 6.45) is -9.81. The molecule has 6 nitrogen and oxygen atoms in total. The average Bonchev–Trinajstić information content (AvgIpc) is 3.17. The first kappa shape index (κ1) is 23.9. The molecule has 0 spiro atoms. The smallest absolute Gasteiger partial charge is 0.406 e. The summed E-state index contributed by atoms with van der Waals surface area (Å²) in [7, 11) is 0. The summed E-state index contributed by atoms with van der Waals surface area (Å²) in [6.45, 7) is 0.